The summed E-state index contributed by atoms with van der Waals surface area (Å²) in [4.78, 5) is 76.0. The van der Waals surface area contributed by atoms with Gasteiger partial charge in [-0.3, -0.25) is 24.0 Å². The summed E-state index contributed by atoms with van der Waals surface area (Å²) < 4.78 is 2.63. The summed E-state index contributed by atoms with van der Waals surface area (Å²) in [5, 5.41) is 3.12. The third kappa shape index (κ3) is 4.34. The van der Waals surface area contributed by atoms with E-state index in [0.29, 0.717) is 5.06 Å². The zero-order valence-corrected chi connectivity index (χ0v) is 18.2. The minimum atomic E-state index is -0.746. The molecule has 1 N–H and O–H groups in total. The molecule has 3 heterocycles. The lowest BCUT2D eigenvalue weighted by atomic mass is 10.1. The summed E-state index contributed by atoms with van der Waals surface area (Å²) in [6.07, 6.45) is 0.176. The van der Waals surface area contributed by atoms with Crippen LogP contribution in [0.1, 0.15) is 25.7 Å². The smallest absolute Gasteiger partial charge is 0.333 e. The number of fused-ring (bicyclic) bond motifs is 1. The van der Waals surface area contributed by atoms with Crippen LogP contribution in [0.2, 0.25) is 0 Å². The molecule has 13 heteroatoms. The number of hydrogen-bond acceptors (Lipinski definition) is 7. The first-order valence-corrected chi connectivity index (χ1v) is 10.3. The molecule has 3 rings (SSSR count). The Morgan fingerprint density at radius 3 is 2.00 bits per heavy atom. The zero-order chi connectivity index (χ0) is 21.3. The van der Waals surface area contributed by atoms with Gasteiger partial charge < -0.3 is 10.2 Å². The number of hydrogen-bond donors (Lipinski definition) is 1. The molecule has 1 aromatic rings. The molecule has 156 valence electrons. The molecule has 0 unspecified atom stereocenters. The van der Waals surface area contributed by atoms with E-state index in [1.165, 1.54) is 9.36 Å². The molecular weight excluding hydrogens is 520 g/mol. The van der Waals surface area contributed by atoms with Crippen LogP contribution in [0.4, 0.5) is 0 Å². The Morgan fingerprint density at radius 2 is 1.48 bits per heavy atom. The van der Waals surface area contributed by atoms with E-state index in [-0.39, 0.29) is 60.2 Å². The Morgan fingerprint density at radius 1 is 0.966 bits per heavy atom. The zero-order valence-electron chi connectivity index (χ0n) is 15.0. The van der Waals surface area contributed by atoms with Crippen molar-refractivity contribution in [3.8, 4) is 0 Å². The third-order valence-electron chi connectivity index (χ3n) is 4.54. The van der Waals surface area contributed by atoms with Crippen molar-refractivity contribution >= 4 is 55.6 Å². The molecule has 1 aromatic heterocycles. The number of nitrogens with zero attached hydrogens (tertiary/aromatic N) is 3. The Labute approximate surface area is 180 Å². The average Bonchev–Trinajstić information content (AvgIpc) is 3.27. The number of hydroxylamine groups is 2. The van der Waals surface area contributed by atoms with E-state index in [0.717, 1.165) is 0 Å². The van der Waals surface area contributed by atoms with Crippen LogP contribution in [-0.4, -0.2) is 44.7 Å². The van der Waals surface area contributed by atoms with Crippen molar-refractivity contribution in [3.63, 3.8) is 0 Å². The van der Waals surface area contributed by atoms with Gasteiger partial charge in [0.25, 0.3) is 22.9 Å². The molecule has 0 bridgehead atoms. The highest BCUT2D eigenvalue weighted by Gasteiger charge is 2.33. The lowest BCUT2D eigenvalue weighted by Crippen LogP contribution is -2.35. The fourth-order valence-electron chi connectivity index (χ4n) is 3.03. The maximum Gasteiger partial charge on any atom is 0.333 e. The van der Waals surface area contributed by atoms with Crippen molar-refractivity contribution < 1.29 is 24.0 Å². The van der Waals surface area contributed by atoms with Crippen molar-refractivity contribution in [3.05, 3.63) is 29.7 Å². The SMILES string of the molecule is O=C(CCCNC(=O)C1Cn2c(=O)c(Br)c(Br)c(=O)n2C1)ON1C(=O)CCC1=O. The molecule has 1 saturated heterocycles. The van der Waals surface area contributed by atoms with Crippen molar-refractivity contribution in [2.45, 2.75) is 38.8 Å². The van der Waals surface area contributed by atoms with Gasteiger partial charge in [-0.2, -0.15) is 0 Å². The molecule has 11 nitrogen and oxygen atoms in total. The summed E-state index contributed by atoms with van der Waals surface area (Å²) in [5.41, 5.74) is -0.832. The van der Waals surface area contributed by atoms with Gasteiger partial charge in [-0.15, -0.1) is 5.06 Å². The molecule has 3 amide bonds. The van der Waals surface area contributed by atoms with Gasteiger partial charge in [-0.25, -0.2) is 14.2 Å². The molecule has 0 saturated carbocycles. The third-order valence-corrected chi connectivity index (χ3v) is 6.55. The Hall–Kier alpha value is -2.28. The van der Waals surface area contributed by atoms with Gasteiger partial charge in [0.1, 0.15) is 8.95 Å². The number of carbonyl (C=O) groups is 4. The summed E-state index contributed by atoms with van der Waals surface area (Å²) in [5.74, 6) is -2.81. The lowest BCUT2D eigenvalue weighted by Gasteiger charge is -2.13. The topological polar surface area (TPSA) is 137 Å². The summed E-state index contributed by atoms with van der Waals surface area (Å²) in [6, 6.07) is 0. The number of rotatable bonds is 6. The first kappa shape index (κ1) is 21.4. The van der Waals surface area contributed by atoms with Crippen LogP contribution < -0.4 is 16.4 Å². The fraction of sp³-hybridized carbons (Fsp3) is 0.500. The van der Waals surface area contributed by atoms with E-state index in [9.17, 15) is 28.8 Å². The normalized spacial score (nSPS) is 16.3. The monoisotopic (exact) mass is 534 g/mol. The Balaban J connectivity index is 1.47. The molecule has 0 aliphatic carbocycles. The summed E-state index contributed by atoms with van der Waals surface area (Å²) in [6.45, 7) is 0.278. The number of halogens is 2. The molecule has 0 spiro atoms. The van der Waals surface area contributed by atoms with Gasteiger partial charge in [0.15, 0.2) is 0 Å². The van der Waals surface area contributed by atoms with Crippen LogP contribution in [0.25, 0.3) is 0 Å². The summed E-state index contributed by atoms with van der Waals surface area (Å²) in [7, 11) is 0. The lowest BCUT2D eigenvalue weighted by molar-refractivity contribution is -0.197. The van der Waals surface area contributed by atoms with Crippen LogP contribution in [0, 0.1) is 5.92 Å². The first-order valence-electron chi connectivity index (χ1n) is 8.74. The van der Waals surface area contributed by atoms with Crippen molar-refractivity contribution in [1.29, 1.82) is 0 Å². The maximum absolute atomic E-state index is 12.3. The highest BCUT2D eigenvalue weighted by molar-refractivity contribution is 9.13. The quantitative estimate of drug-likeness (QED) is 0.389. The highest BCUT2D eigenvalue weighted by Crippen LogP contribution is 2.18. The maximum atomic E-state index is 12.3. The average molecular weight is 536 g/mol. The van der Waals surface area contributed by atoms with E-state index in [2.05, 4.69) is 37.2 Å². The second-order valence-corrected chi connectivity index (χ2v) is 8.13. The number of imide groups is 1. The van der Waals surface area contributed by atoms with Gasteiger partial charge >= 0.3 is 5.97 Å². The second kappa shape index (κ2) is 8.61. The molecule has 2 aliphatic rings. The van der Waals surface area contributed by atoms with Crippen molar-refractivity contribution in [2.24, 2.45) is 5.92 Å². The molecule has 0 atom stereocenters. The van der Waals surface area contributed by atoms with E-state index in [1.54, 1.807) is 0 Å². The molecule has 0 aromatic carbocycles. The number of carbonyl (C=O) groups excluding carboxylic acids is 4. The van der Waals surface area contributed by atoms with Gasteiger partial charge in [0, 0.05) is 25.8 Å². The Bertz CT molecular complexity index is 955. The predicted molar refractivity (Wildman–Crippen MR) is 103 cm³/mol. The highest BCUT2D eigenvalue weighted by atomic mass is 79.9. The number of aromatic nitrogens is 2. The molecule has 2 aliphatic heterocycles. The first-order chi connectivity index (χ1) is 13.7. The molecule has 1 fully saturated rings. The standard InChI is InChI=1S/C16H16Br2N4O7/c17-12-13(18)16(28)21-7-8(6-20(21)15(12)27)14(26)19-5-1-2-11(25)29-22-9(23)3-4-10(22)24/h8H,1-7H2,(H,19,26). The van der Waals surface area contributed by atoms with Crippen LogP contribution in [0.5, 0.6) is 0 Å². The molecule has 29 heavy (non-hydrogen) atoms. The van der Waals surface area contributed by atoms with Crippen molar-refractivity contribution in [1.82, 2.24) is 19.7 Å². The number of amides is 3. The predicted octanol–water partition coefficient (Wildman–Crippen LogP) is -0.332. The van der Waals surface area contributed by atoms with E-state index < -0.39 is 34.8 Å². The minimum Gasteiger partial charge on any atom is -0.356 e. The largest absolute Gasteiger partial charge is 0.356 e. The molecular formula is C16H16Br2N4O7. The fourth-order valence-corrected chi connectivity index (χ4v) is 3.78. The Kier molecular flexibility index (Phi) is 6.36. The van der Waals surface area contributed by atoms with Gasteiger partial charge in [0.2, 0.25) is 5.91 Å². The van der Waals surface area contributed by atoms with Gasteiger partial charge in [0.05, 0.1) is 19.0 Å². The number of nitrogens with one attached hydrogen (secondary N) is 1. The minimum absolute atomic E-state index is 0.0191. The van der Waals surface area contributed by atoms with Crippen LogP contribution in [0.15, 0.2) is 18.5 Å². The molecule has 0 radical (unpaired) electrons. The van der Waals surface area contributed by atoms with Crippen LogP contribution in [-0.2, 0) is 37.1 Å². The van der Waals surface area contributed by atoms with Crippen LogP contribution in [0.3, 0.4) is 0 Å². The second-order valence-electron chi connectivity index (χ2n) is 6.54. The van der Waals surface area contributed by atoms with Crippen LogP contribution >= 0.6 is 31.9 Å². The van der Waals surface area contributed by atoms with E-state index in [1.807, 2.05) is 0 Å². The van der Waals surface area contributed by atoms with E-state index >= 15 is 0 Å². The summed E-state index contributed by atoms with van der Waals surface area (Å²) >= 11 is 6.12. The van der Waals surface area contributed by atoms with E-state index in [4.69, 9.17) is 4.84 Å². The van der Waals surface area contributed by atoms with Crippen molar-refractivity contribution in [2.75, 3.05) is 6.54 Å². The van der Waals surface area contributed by atoms with Gasteiger partial charge in [-0.05, 0) is 38.3 Å². The van der Waals surface area contributed by atoms with Gasteiger partial charge in [-0.1, -0.05) is 0 Å².